The molecule has 0 radical (unpaired) electrons. The van der Waals surface area contributed by atoms with Crippen LogP contribution in [0.25, 0.3) is 0 Å². The molecule has 8 heteroatoms. The van der Waals surface area contributed by atoms with Crippen molar-refractivity contribution in [3.8, 4) is 0 Å². The van der Waals surface area contributed by atoms with E-state index < -0.39 is 24.2 Å². The maximum absolute atomic E-state index is 12.2. The Morgan fingerprint density at radius 2 is 1.92 bits per heavy atom. The Hall–Kier alpha value is -2.77. The van der Waals surface area contributed by atoms with Crippen LogP contribution in [0.2, 0.25) is 0 Å². The van der Waals surface area contributed by atoms with Gasteiger partial charge in [-0.15, -0.1) is 0 Å². The van der Waals surface area contributed by atoms with E-state index in [1.54, 1.807) is 0 Å². The van der Waals surface area contributed by atoms with Crippen molar-refractivity contribution in [1.29, 1.82) is 0 Å². The lowest BCUT2D eigenvalue weighted by Crippen LogP contribution is -2.56. The van der Waals surface area contributed by atoms with Gasteiger partial charge in [-0.1, -0.05) is 30.3 Å². The first-order valence-electron chi connectivity index (χ1n) is 7.53. The summed E-state index contributed by atoms with van der Waals surface area (Å²) in [6, 6.07) is 8.61. The molecule has 1 aliphatic heterocycles. The molecule has 130 valence electrons. The zero-order valence-corrected chi connectivity index (χ0v) is 13.4. The van der Waals surface area contributed by atoms with Gasteiger partial charge in [-0.3, -0.25) is 4.79 Å². The van der Waals surface area contributed by atoms with Crippen LogP contribution < -0.4 is 0 Å². The number of nitrogens with zero attached hydrogens (tertiary/aromatic N) is 2. The monoisotopic (exact) mass is 336 g/mol. The lowest BCUT2D eigenvalue weighted by atomic mass is 10.1. The summed E-state index contributed by atoms with van der Waals surface area (Å²) >= 11 is 0. The molecule has 0 bridgehead atoms. The third-order valence-electron chi connectivity index (χ3n) is 3.82. The van der Waals surface area contributed by atoms with E-state index in [-0.39, 0.29) is 32.7 Å². The summed E-state index contributed by atoms with van der Waals surface area (Å²) in [5.74, 6) is -0.522. The van der Waals surface area contributed by atoms with Crippen molar-refractivity contribution in [3.63, 3.8) is 0 Å². The summed E-state index contributed by atoms with van der Waals surface area (Å²) in [5, 5.41) is 9.21. The molecular formula is C16H20N2O6. The zero-order valence-electron chi connectivity index (χ0n) is 13.4. The summed E-state index contributed by atoms with van der Waals surface area (Å²) in [5.41, 5.74) is 0.862. The minimum atomic E-state index is -1.12. The van der Waals surface area contributed by atoms with Gasteiger partial charge in [0.2, 0.25) is 0 Å². The molecule has 0 aromatic heterocycles. The lowest BCUT2D eigenvalue weighted by molar-refractivity contribution is -0.142. The van der Waals surface area contributed by atoms with E-state index in [4.69, 9.17) is 4.74 Å². The van der Waals surface area contributed by atoms with Crippen molar-refractivity contribution in [2.45, 2.75) is 19.1 Å². The first-order chi connectivity index (χ1) is 11.5. The number of hydrogen-bond donors (Lipinski definition) is 1. The normalized spacial score (nSPS) is 17.3. The van der Waals surface area contributed by atoms with Gasteiger partial charge in [0, 0.05) is 19.6 Å². The molecule has 1 N–H and O–H groups in total. The topological polar surface area (TPSA) is 96.4 Å². The Balaban J connectivity index is 1.94. The van der Waals surface area contributed by atoms with Crippen LogP contribution >= 0.6 is 0 Å². The molecule has 0 unspecified atom stereocenters. The third-order valence-corrected chi connectivity index (χ3v) is 3.82. The average Bonchev–Trinajstić information content (AvgIpc) is 2.60. The van der Waals surface area contributed by atoms with Crippen LogP contribution in [0.4, 0.5) is 9.59 Å². The van der Waals surface area contributed by atoms with Gasteiger partial charge < -0.3 is 24.4 Å². The van der Waals surface area contributed by atoms with Crippen LogP contribution in [0, 0.1) is 0 Å². The fraction of sp³-hybridized carbons (Fsp3) is 0.438. The van der Waals surface area contributed by atoms with Crippen LogP contribution in [0.1, 0.15) is 12.0 Å². The van der Waals surface area contributed by atoms with Crippen LogP contribution in [-0.4, -0.2) is 65.8 Å². The highest BCUT2D eigenvalue weighted by Crippen LogP contribution is 2.15. The fourth-order valence-electron chi connectivity index (χ4n) is 2.53. The average molecular weight is 336 g/mol. The molecule has 1 saturated heterocycles. The maximum Gasteiger partial charge on any atom is 0.410 e. The molecule has 0 aliphatic carbocycles. The molecular weight excluding hydrogens is 316 g/mol. The molecule has 0 saturated carbocycles. The number of hydrogen-bond acceptors (Lipinski definition) is 5. The van der Waals surface area contributed by atoms with Crippen molar-refractivity contribution < 1.29 is 29.0 Å². The maximum atomic E-state index is 12.2. The number of carbonyl (C=O) groups is 3. The summed E-state index contributed by atoms with van der Waals surface area (Å²) in [7, 11) is 1.24. The van der Waals surface area contributed by atoms with Crippen LogP contribution in [-0.2, 0) is 20.9 Å². The molecule has 1 aromatic carbocycles. The standard InChI is InChI=1S/C16H20N2O6/c1-23-14(19)9-13-10-17(7-8-18(13)15(20)21)16(22)24-11-12-5-3-2-4-6-12/h2-6,13H,7-11H2,1H3,(H,20,21)/t13-/m0/s1. The van der Waals surface area contributed by atoms with Crippen LogP contribution in [0.3, 0.4) is 0 Å². The molecule has 1 fully saturated rings. The summed E-state index contributed by atoms with van der Waals surface area (Å²) in [6.07, 6.45) is -1.76. The second-order valence-corrected chi connectivity index (χ2v) is 5.40. The molecule has 0 spiro atoms. The second-order valence-electron chi connectivity index (χ2n) is 5.40. The number of amides is 2. The number of carbonyl (C=O) groups excluding carboxylic acids is 2. The molecule has 2 rings (SSSR count). The number of ether oxygens (including phenoxy) is 2. The number of methoxy groups -OCH3 is 1. The predicted molar refractivity (Wildman–Crippen MR) is 83.4 cm³/mol. The van der Waals surface area contributed by atoms with E-state index in [0.717, 1.165) is 10.5 Å². The summed E-state index contributed by atoms with van der Waals surface area (Å²) in [6.45, 7) is 0.574. The van der Waals surface area contributed by atoms with E-state index in [1.165, 1.54) is 12.0 Å². The van der Waals surface area contributed by atoms with Gasteiger partial charge in [0.15, 0.2) is 0 Å². The minimum absolute atomic E-state index is 0.0923. The van der Waals surface area contributed by atoms with Gasteiger partial charge in [0.1, 0.15) is 6.61 Å². The van der Waals surface area contributed by atoms with Gasteiger partial charge >= 0.3 is 18.2 Å². The molecule has 24 heavy (non-hydrogen) atoms. The van der Waals surface area contributed by atoms with Crippen molar-refractivity contribution in [3.05, 3.63) is 35.9 Å². The van der Waals surface area contributed by atoms with Crippen LogP contribution in [0.5, 0.6) is 0 Å². The molecule has 8 nitrogen and oxygen atoms in total. The number of carboxylic acid groups (broad SMARTS) is 1. The molecule has 1 aromatic rings. The highest BCUT2D eigenvalue weighted by molar-refractivity contribution is 5.73. The van der Waals surface area contributed by atoms with Crippen molar-refractivity contribution >= 4 is 18.2 Å². The minimum Gasteiger partial charge on any atom is -0.469 e. The predicted octanol–water partition coefficient (Wildman–Crippen LogP) is 1.55. The van der Waals surface area contributed by atoms with Gasteiger partial charge in [0.05, 0.1) is 19.6 Å². The second kappa shape index (κ2) is 8.19. The molecule has 1 atom stereocenters. The van der Waals surface area contributed by atoms with Crippen molar-refractivity contribution in [2.24, 2.45) is 0 Å². The van der Waals surface area contributed by atoms with E-state index in [9.17, 15) is 19.5 Å². The highest BCUT2D eigenvalue weighted by Gasteiger charge is 2.34. The number of benzene rings is 1. The Kier molecular flexibility index (Phi) is 6.00. The smallest absolute Gasteiger partial charge is 0.410 e. The van der Waals surface area contributed by atoms with E-state index in [2.05, 4.69) is 4.74 Å². The van der Waals surface area contributed by atoms with E-state index >= 15 is 0 Å². The molecule has 1 aliphatic rings. The SMILES string of the molecule is COC(=O)C[C@H]1CN(C(=O)OCc2ccccc2)CCN1C(=O)O. The van der Waals surface area contributed by atoms with Gasteiger partial charge in [0.25, 0.3) is 0 Å². The molecule has 1 heterocycles. The Morgan fingerprint density at radius 1 is 1.21 bits per heavy atom. The van der Waals surface area contributed by atoms with Gasteiger partial charge in [-0.2, -0.15) is 0 Å². The quantitative estimate of drug-likeness (QED) is 0.838. The third kappa shape index (κ3) is 4.61. The first-order valence-corrected chi connectivity index (χ1v) is 7.53. The van der Waals surface area contributed by atoms with Crippen molar-refractivity contribution in [1.82, 2.24) is 9.80 Å². The van der Waals surface area contributed by atoms with Gasteiger partial charge in [-0.05, 0) is 5.56 Å². The van der Waals surface area contributed by atoms with E-state index in [1.807, 2.05) is 30.3 Å². The fourth-order valence-corrected chi connectivity index (χ4v) is 2.53. The molecule has 2 amide bonds. The number of esters is 1. The first kappa shape index (κ1) is 17.6. The zero-order chi connectivity index (χ0) is 17.5. The lowest BCUT2D eigenvalue weighted by Gasteiger charge is -2.38. The Morgan fingerprint density at radius 3 is 2.54 bits per heavy atom. The number of piperazine rings is 1. The number of rotatable bonds is 4. The largest absolute Gasteiger partial charge is 0.469 e. The summed E-state index contributed by atoms with van der Waals surface area (Å²) in [4.78, 5) is 37.5. The van der Waals surface area contributed by atoms with E-state index in [0.29, 0.717) is 0 Å². The Labute approximate surface area is 139 Å². The summed E-state index contributed by atoms with van der Waals surface area (Å²) < 4.78 is 9.84. The van der Waals surface area contributed by atoms with Gasteiger partial charge in [-0.25, -0.2) is 9.59 Å². The van der Waals surface area contributed by atoms with Crippen LogP contribution in [0.15, 0.2) is 30.3 Å². The van der Waals surface area contributed by atoms with Crippen molar-refractivity contribution in [2.75, 3.05) is 26.7 Å². The Bertz CT molecular complexity index is 591. The highest BCUT2D eigenvalue weighted by atomic mass is 16.6.